The van der Waals surface area contributed by atoms with Gasteiger partial charge in [0.1, 0.15) is 17.2 Å². The van der Waals surface area contributed by atoms with Gasteiger partial charge >= 0.3 is 0 Å². The summed E-state index contributed by atoms with van der Waals surface area (Å²) in [6.45, 7) is 7.22. The van der Waals surface area contributed by atoms with Gasteiger partial charge in [-0.3, -0.25) is 4.99 Å². The summed E-state index contributed by atoms with van der Waals surface area (Å²) in [5.41, 5.74) is 4.87. The number of nitrogens with zero attached hydrogens (tertiary/aromatic N) is 1. The third kappa shape index (κ3) is 4.62. The summed E-state index contributed by atoms with van der Waals surface area (Å²) < 4.78 is 26.5. The molecule has 4 nitrogen and oxygen atoms in total. The van der Waals surface area contributed by atoms with E-state index in [1.54, 1.807) is 0 Å². The maximum atomic E-state index is 13.6. The van der Waals surface area contributed by atoms with Gasteiger partial charge in [-0.25, -0.2) is 8.78 Å². The summed E-state index contributed by atoms with van der Waals surface area (Å²) in [6.07, 6.45) is 0. The summed E-state index contributed by atoms with van der Waals surface area (Å²) in [7, 11) is 0. The summed E-state index contributed by atoms with van der Waals surface area (Å²) in [5.74, 6) is -1.40. The van der Waals surface area contributed by atoms with Gasteiger partial charge in [0.05, 0.1) is 6.54 Å². The molecule has 1 aromatic rings. The average molecular weight is 283 g/mol. The molecule has 0 heterocycles. The molecule has 1 atom stereocenters. The summed E-state index contributed by atoms with van der Waals surface area (Å²) in [5, 5.41) is 13.0. The smallest absolute Gasteiger partial charge is 0.188 e. The van der Waals surface area contributed by atoms with E-state index in [1.165, 1.54) is 13.0 Å². The van der Waals surface area contributed by atoms with Crippen LogP contribution >= 0.6 is 0 Å². The van der Waals surface area contributed by atoms with E-state index < -0.39 is 17.2 Å². The number of guanidine groups is 1. The second kappa shape index (κ2) is 6.47. The van der Waals surface area contributed by atoms with Crippen LogP contribution in [0.15, 0.2) is 35.3 Å². The first-order chi connectivity index (χ1) is 9.22. The Labute approximate surface area is 117 Å². The third-order valence-corrected chi connectivity index (χ3v) is 2.64. The number of hydrogen-bond donors (Lipinski definition) is 3. The van der Waals surface area contributed by atoms with Gasteiger partial charge in [-0.1, -0.05) is 18.2 Å². The van der Waals surface area contributed by atoms with Gasteiger partial charge in [0.15, 0.2) is 5.96 Å². The molecule has 0 aliphatic heterocycles. The fourth-order valence-corrected chi connectivity index (χ4v) is 1.55. The molecule has 6 heteroatoms. The molecule has 20 heavy (non-hydrogen) atoms. The Morgan fingerprint density at radius 1 is 1.50 bits per heavy atom. The molecule has 0 radical (unpaired) electrons. The second-order valence-corrected chi connectivity index (χ2v) is 4.91. The van der Waals surface area contributed by atoms with E-state index in [4.69, 9.17) is 5.73 Å². The van der Waals surface area contributed by atoms with Crippen LogP contribution in [-0.4, -0.2) is 24.2 Å². The number of nitrogens with one attached hydrogen (secondary N) is 1. The molecule has 0 spiro atoms. The molecule has 4 N–H and O–H groups in total. The largest absolute Gasteiger partial charge is 0.383 e. The van der Waals surface area contributed by atoms with E-state index in [-0.39, 0.29) is 18.1 Å². The molecular formula is C14H19F2N3O. The lowest BCUT2D eigenvalue weighted by Gasteiger charge is -2.22. The molecule has 0 aromatic heterocycles. The van der Waals surface area contributed by atoms with E-state index >= 15 is 0 Å². The fraction of sp³-hybridized carbons (Fsp3) is 0.357. The maximum absolute atomic E-state index is 13.6. The average Bonchev–Trinajstić information content (AvgIpc) is 2.33. The molecule has 110 valence electrons. The van der Waals surface area contributed by atoms with Crippen molar-refractivity contribution in [2.45, 2.75) is 19.4 Å². The third-order valence-electron chi connectivity index (χ3n) is 2.64. The summed E-state index contributed by atoms with van der Waals surface area (Å²) in [4.78, 5) is 3.94. The number of halogens is 2. The zero-order chi connectivity index (χ0) is 15.3. The first-order valence-electron chi connectivity index (χ1n) is 6.08. The zero-order valence-corrected chi connectivity index (χ0v) is 11.6. The molecule has 0 aliphatic rings. The van der Waals surface area contributed by atoms with Gasteiger partial charge in [-0.2, -0.15) is 0 Å². The Hall–Kier alpha value is -1.95. The highest BCUT2D eigenvalue weighted by atomic mass is 19.1. The monoisotopic (exact) mass is 283 g/mol. The van der Waals surface area contributed by atoms with Crippen molar-refractivity contribution in [1.29, 1.82) is 0 Å². The van der Waals surface area contributed by atoms with Gasteiger partial charge in [0.25, 0.3) is 0 Å². The number of aliphatic imine (C=N–C) groups is 1. The minimum absolute atomic E-state index is 0.0321. The van der Waals surface area contributed by atoms with Crippen LogP contribution in [0.2, 0.25) is 0 Å². The Bertz CT molecular complexity index is 527. The second-order valence-electron chi connectivity index (χ2n) is 4.91. The van der Waals surface area contributed by atoms with Gasteiger partial charge in [0.2, 0.25) is 0 Å². The lowest BCUT2D eigenvalue weighted by atomic mass is 9.95. The molecule has 1 rings (SSSR count). The fourth-order valence-electron chi connectivity index (χ4n) is 1.55. The SMILES string of the molecule is C=C(C)CNC(N)=NCC(C)(O)c1ccc(F)cc1F. The zero-order valence-electron chi connectivity index (χ0n) is 11.6. The van der Waals surface area contributed by atoms with Crippen molar-refractivity contribution >= 4 is 5.96 Å². The van der Waals surface area contributed by atoms with Crippen LogP contribution in [0.4, 0.5) is 8.78 Å². The van der Waals surface area contributed by atoms with Gasteiger partial charge in [0, 0.05) is 18.2 Å². The van der Waals surface area contributed by atoms with Gasteiger partial charge in [-0.15, -0.1) is 0 Å². The number of benzene rings is 1. The van der Waals surface area contributed by atoms with E-state index in [9.17, 15) is 13.9 Å². The molecule has 0 aliphatic carbocycles. The Morgan fingerprint density at radius 3 is 2.70 bits per heavy atom. The number of nitrogens with two attached hydrogens (primary N) is 1. The van der Waals surface area contributed by atoms with Crippen LogP contribution in [0.1, 0.15) is 19.4 Å². The molecule has 1 aromatic carbocycles. The Morgan fingerprint density at radius 2 is 2.15 bits per heavy atom. The van der Waals surface area contributed by atoms with E-state index in [0.29, 0.717) is 6.54 Å². The van der Waals surface area contributed by atoms with E-state index in [0.717, 1.165) is 17.7 Å². The minimum Gasteiger partial charge on any atom is -0.383 e. The maximum Gasteiger partial charge on any atom is 0.188 e. The van der Waals surface area contributed by atoms with Crippen molar-refractivity contribution in [3.05, 3.63) is 47.5 Å². The highest BCUT2D eigenvalue weighted by Gasteiger charge is 2.26. The first-order valence-corrected chi connectivity index (χ1v) is 6.08. The lowest BCUT2D eigenvalue weighted by Crippen LogP contribution is -2.35. The number of hydrogen-bond acceptors (Lipinski definition) is 2. The van der Waals surface area contributed by atoms with Crippen LogP contribution in [0, 0.1) is 11.6 Å². The minimum atomic E-state index is -1.58. The van der Waals surface area contributed by atoms with Crippen LogP contribution in [0.5, 0.6) is 0 Å². The van der Waals surface area contributed by atoms with Crippen molar-refractivity contribution < 1.29 is 13.9 Å². The normalized spacial score (nSPS) is 14.8. The van der Waals surface area contributed by atoms with Crippen LogP contribution in [-0.2, 0) is 5.60 Å². The summed E-state index contributed by atoms with van der Waals surface area (Å²) >= 11 is 0. The molecule has 0 saturated heterocycles. The lowest BCUT2D eigenvalue weighted by molar-refractivity contribution is 0.0633. The van der Waals surface area contributed by atoms with Crippen molar-refractivity contribution in [3.63, 3.8) is 0 Å². The van der Waals surface area contributed by atoms with Crippen LogP contribution < -0.4 is 11.1 Å². The standard InChI is InChI=1S/C14H19F2N3O/c1-9(2)7-18-13(17)19-8-14(3,20)11-5-4-10(15)6-12(11)16/h4-6,20H,1,7-8H2,2-3H3,(H3,17,18,19). The molecular weight excluding hydrogens is 264 g/mol. The van der Waals surface area contributed by atoms with Crippen molar-refractivity contribution in [2.24, 2.45) is 10.7 Å². The highest BCUT2D eigenvalue weighted by molar-refractivity contribution is 5.78. The van der Waals surface area contributed by atoms with E-state index in [1.807, 2.05) is 6.92 Å². The molecule has 1 unspecified atom stereocenters. The van der Waals surface area contributed by atoms with E-state index in [2.05, 4.69) is 16.9 Å². The number of rotatable bonds is 5. The predicted octanol–water partition coefficient (Wildman–Crippen LogP) is 1.65. The highest BCUT2D eigenvalue weighted by Crippen LogP contribution is 2.24. The predicted molar refractivity (Wildman–Crippen MR) is 75.2 cm³/mol. The first kappa shape index (κ1) is 16.1. The van der Waals surface area contributed by atoms with Crippen LogP contribution in [0.25, 0.3) is 0 Å². The Kier molecular flexibility index (Phi) is 5.21. The molecule has 0 saturated carbocycles. The molecule has 0 amide bonds. The van der Waals surface area contributed by atoms with Crippen LogP contribution in [0.3, 0.4) is 0 Å². The van der Waals surface area contributed by atoms with Crippen molar-refractivity contribution in [3.8, 4) is 0 Å². The topological polar surface area (TPSA) is 70.6 Å². The number of aliphatic hydroxyl groups is 1. The van der Waals surface area contributed by atoms with Crippen molar-refractivity contribution in [2.75, 3.05) is 13.1 Å². The van der Waals surface area contributed by atoms with Gasteiger partial charge in [-0.05, 0) is 19.9 Å². The van der Waals surface area contributed by atoms with Crippen molar-refractivity contribution in [1.82, 2.24) is 5.32 Å². The molecule has 0 bridgehead atoms. The summed E-state index contributed by atoms with van der Waals surface area (Å²) in [6, 6.07) is 2.99. The molecule has 0 fully saturated rings. The van der Waals surface area contributed by atoms with Gasteiger partial charge < -0.3 is 16.2 Å². The quantitative estimate of drug-likeness (QED) is 0.437. The Balaban J connectivity index is 2.78.